The molecule has 1 saturated heterocycles. The van der Waals surface area contributed by atoms with Gasteiger partial charge in [0.2, 0.25) is 0 Å². The molecular formula is C13H15N3O. The lowest BCUT2D eigenvalue weighted by molar-refractivity contribution is 0.0940. The number of benzene rings is 1. The van der Waals surface area contributed by atoms with Gasteiger partial charge in [0, 0.05) is 35.2 Å². The molecule has 1 aliphatic rings. The van der Waals surface area contributed by atoms with E-state index in [9.17, 15) is 4.79 Å². The lowest BCUT2D eigenvalue weighted by Crippen LogP contribution is -2.36. The molecule has 0 aliphatic carbocycles. The molecule has 1 atom stereocenters. The summed E-state index contributed by atoms with van der Waals surface area (Å²) in [5.41, 5.74) is 1.79. The first kappa shape index (κ1) is 10.4. The van der Waals surface area contributed by atoms with Crippen molar-refractivity contribution in [2.45, 2.75) is 12.5 Å². The van der Waals surface area contributed by atoms with Gasteiger partial charge < -0.3 is 15.6 Å². The van der Waals surface area contributed by atoms with Crippen LogP contribution in [0, 0.1) is 0 Å². The molecule has 1 amide bonds. The highest BCUT2D eigenvalue weighted by Crippen LogP contribution is 2.14. The Hall–Kier alpha value is -1.81. The molecule has 4 heteroatoms. The summed E-state index contributed by atoms with van der Waals surface area (Å²) in [5, 5.41) is 7.35. The molecule has 0 bridgehead atoms. The standard InChI is InChI=1S/C13H15N3O/c17-13(16-11-4-5-14-8-11)10-1-2-12-9(7-10)3-6-15-12/h1-3,6-7,11,14-15H,4-5,8H2,(H,16,17). The Morgan fingerprint density at radius 3 is 3.12 bits per heavy atom. The quantitative estimate of drug-likeness (QED) is 0.726. The second-order valence-electron chi connectivity index (χ2n) is 4.44. The molecule has 3 rings (SSSR count). The van der Waals surface area contributed by atoms with E-state index in [1.807, 2.05) is 30.5 Å². The summed E-state index contributed by atoms with van der Waals surface area (Å²) in [6.07, 6.45) is 2.89. The summed E-state index contributed by atoms with van der Waals surface area (Å²) in [5.74, 6) is 0.0156. The van der Waals surface area contributed by atoms with Crippen LogP contribution < -0.4 is 10.6 Å². The summed E-state index contributed by atoms with van der Waals surface area (Å²) in [6.45, 7) is 1.86. The van der Waals surface area contributed by atoms with Gasteiger partial charge in [0.25, 0.3) is 5.91 Å². The first-order valence-electron chi connectivity index (χ1n) is 5.92. The number of rotatable bonds is 2. The van der Waals surface area contributed by atoms with Gasteiger partial charge >= 0.3 is 0 Å². The molecule has 4 nitrogen and oxygen atoms in total. The van der Waals surface area contributed by atoms with Crippen LogP contribution in [0.1, 0.15) is 16.8 Å². The molecule has 17 heavy (non-hydrogen) atoms. The lowest BCUT2D eigenvalue weighted by Gasteiger charge is -2.11. The van der Waals surface area contributed by atoms with Gasteiger partial charge in [-0.05, 0) is 37.2 Å². The minimum atomic E-state index is 0.0156. The van der Waals surface area contributed by atoms with Crippen molar-refractivity contribution in [2.75, 3.05) is 13.1 Å². The molecule has 0 saturated carbocycles. The summed E-state index contributed by atoms with van der Waals surface area (Å²) in [7, 11) is 0. The third-order valence-electron chi connectivity index (χ3n) is 3.21. The van der Waals surface area contributed by atoms with Crippen molar-refractivity contribution in [3.8, 4) is 0 Å². The fourth-order valence-electron chi connectivity index (χ4n) is 2.24. The number of fused-ring (bicyclic) bond motifs is 1. The minimum Gasteiger partial charge on any atom is -0.361 e. The molecule has 2 heterocycles. The highest BCUT2D eigenvalue weighted by atomic mass is 16.1. The third kappa shape index (κ3) is 2.03. The average molecular weight is 229 g/mol. The van der Waals surface area contributed by atoms with Crippen LogP contribution in [0.25, 0.3) is 10.9 Å². The van der Waals surface area contributed by atoms with Crippen molar-refractivity contribution in [3.05, 3.63) is 36.0 Å². The number of carbonyl (C=O) groups excluding carboxylic acids is 1. The molecule has 88 valence electrons. The van der Waals surface area contributed by atoms with Gasteiger partial charge in [-0.15, -0.1) is 0 Å². The highest BCUT2D eigenvalue weighted by Gasteiger charge is 2.17. The van der Waals surface area contributed by atoms with E-state index < -0.39 is 0 Å². The number of aromatic nitrogens is 1. The molecular weight excluding hydrogens is 214 g/mol. The monoisotopic (exact) mass is 229 g/mol. The van der Waals surface area contributed by atoms with Crippen LogP contribution >= 0.6 is 0 Å². The van der Waals surface area contributed by atoms with Crippen LogP contribution in [0.15, 0.2) is 30.5 Å². The van der Waals surface area contributed by atoms with Gasteiger partial charge in [0.15, 0.2) is 0 Å². The van der Waals surface area contributed by atoms with Crippen molar-refractivity contribution >= 4 is 16.8 Å². The zero-order valence-corrected chi connectivity index (χ0v) is 9.49. The van der Waals surface area contributed by atoms with Gasteiger partial charge in [-0.25, -0.2) is 0 Å². The normalized spacial score (nSPS) is 19.6. The predicted molar refractivity (Wildman–Crippen MR) is 67.0 cm³/mol. The van der Waals surface area contributed by atoms with E-state index in [-0.39, 0.29) is 11.9 Å². The van der Waals surface area contributed by atoms with Gasteiger partial charge in [-0.3, -0.25) is 4.79 Å². The molecule has 0 spiro atoms. The summed E-state index contributed by atoms with van der Waals surface area (Å²) < 4.78 is 0. The van der Waals surface area contributed by atoms with E-state index in [2.05, 4.69) is 15.6 Å². The maximum atomic E-state index is 12.0. The number of aromatic amines is 1. The van der Waals surface area contributed by atoms with Crippen molar-refractivity contribution < 1.29 is 4.79 Å². The van der Waals surface area contributed by atoms with Crippen LogP contribution in [0.2, 0.25) is 0 Å². The Morgan fingerprint density at radius 2 is 2.29 bits per heavy atom. The Bertz CT molecular complexity index is 540. The molecule has 0 radical (unpaired) electrons. The van der Waals surface area contributed by atoms with E-state index in [1.54, 1.807) is 0 Å². The van der Waals surface area contributed by atoms with E-state index >= 15 is 0 Å². The summed E-state index contributed by atoms with van der Waals surface area (Å²) in [6, 6.07) is 7.96. The Morgan fingerprint density at radius 1 is 1.35 bits per heavy atom. The number of nitrogens with one attached hydrogen (secondary N) is 3. The van der Waals surface area contributed by atoms with Crippen LogP contribution in [-0.2, 0) is 0 Å². The maximum absolute atomic E-state index is 12.0. The van der Waals surface area contributed by atoms with E-state index in [0.29, 0.717) is 0 Å². The second-order valence-corrected chi connectivity index (χ2v) is 4.44. The van der Waals surface area contributed by atoms with Gasteiger partial charge in [0.05, 0.1) is 0 Å². The number of amides is 1. The molecule has 1 fully saturated rings. The van der Waals surface area contributed by atoms with Crippen LogP contribution in [0.4, 0.5) is 0 Å². The largest absolute Gasteiger partial charge is 0.361 e. The number of H-pyrrole nitrogens is 1. The van der Waals surface area contributed by atoms with Crippen molar-refractivity contribution in [2.24, 2.45) is 0 Å². The fourth-order valence-corrected chi connectivity index (χ4v) is 2.24. The first-order valence-corrected chi connectivity index (χ1v) is 5.92. The molecule has 1 unspecified atom stereocenters. The lowest BCUT2D eigenvalue weighted by atomic mass is 10.1. The van der Waals surface area contributed by atoms with E-state index in [1.165, 1.54) is 0 Å². The molecule has 1 aromatic heterocycles. The SMILES string of the molecule is O=C(NC1CCNC1)c1ccc2[nH]ccc2c1. The van der Waals surface area contributed by atoms with Crippen LogP contribution in [0.5, 0.6) is 0 Å². The minimum absolute atomic E-state index is 0.0156. The van der Waals surface area contributed by atoms with E-state index in [0.717, 1.165) is 36.0 Å². The molecule has 2 aromatic rings. The predicted octanol–water partition coefficient (Wildman–Crippen LogP) is 1.26. The maximum Gasteiger partial charge on any atom is 0.251 e. The average Bonchev–Trinajstić information content (AvgIpc) is 2.97. The van der Waals surface area contributed by atoms with Crippen LogP contribution in [0.3, 0.4) is 0 Å². The number of hydrogen-bond acceptors (Lipinski definition) is 2. The Labute approximate surface area is 99.4 Å². The second kappa shape index (κ2) is 4.22. The Kier molecular flexibility index (Phi) is 2.57. The van der Waals surface area contributed by atoms with Gasteiger partial charge in [-0.2, -0.15) is 0 Å². The molecule has 1 aromatic carbocycles. The van der Waals surface area contributed by atoms with Crippen molar-refractivity contribution in [1.82, 2.24) is 15.6 Å². The summed E-state index contributed by atoms with van der Waals surface area (Å²) in [4.78, 5) is 15.1. The Balaban J connectivity index is 1.79. The highest BCUT2D eigenvalue weighted by molar-refractivity contribution is 5.98. The van der Waals surface area contributed by atoms with Crippen LogP contribution in [-0.4, -0.2) is 30.0 Å². The topological polar surface area (TPSA) is 56.9 Å². The molecule has 3 N–H and O–H groups in total. The summed E-state index contributed by atoms with van der Waals surface area (Å²) >= 11 is 0. The zero-order chi connectivity index (χ0) is 11.7. The first-order chi connectivity index (χ1) is 8.33. The fraction of sp³-hybridized carbons (Fsp3) is 0.308. The number of carbonyl (C=O) groups is 1. The van der Waals surface area contributed by atoms with Gasteiger partial charge in [-0.1, -0.05) is 0 Å². The van der Waals surface area contributed by atoms with Crippen molar-refractivity contribution in [1.29, 1.82) is 0 Å². The van der Waals surface area contributed by atoms with E-state index in [4.69, 9.17) is 0 Å². The smallest absolute Gasteiger partial charge is 0.251 e. The van der Waals surface area contributed by atoms with Gasteiger partial charge in [0.1, 0.15) is 0 Å². The zero-order valence-electron chi connectivity index (χ0n) is 9.49. The third-order valence-corrected chi connectivity index (χ3v) is 3.21. The number of hydrogen-bond donors (Lipinski definition) is 3. The van der Waals surface area contributed by atoms with Crippen molar-refractivity contribution in [3.63, 3.8) is 0 Å². The molecule has 1 aliphatic heterocycles.